The Bertz CT molecular complexity index is 169. The first-order valence-corrected chi connectivity index (χ1v) is 4.31. The van der Waals surface area contributed by atoms with Gasteiger partial charge < -0.3 is 10.1 Å². The zero-order chi connectivity index (χ0) is 7.68. The number of carbonyl (C=O) groups excluding carboxylic acids is 1. The summed E-state index contributed by atoms with van der Waals surface area (Å²) in [5.74, 6) is 0.585. The van der Waals surface area contributed by atoms with E-state index in [1.54, 1.807) is 0 Å². The molecule has 62 valence electrons. The number of hydrogen-bond donors (Lipinski definition) is 1. The van der Waals surface area contributed by atoms with Gasteiger partial charge in [-0.15, -0.1) is 0 Å². The lowest BCUT2D eigenvalue weighted by molar-refractivity contribution is 0.0144. The number of fused-ring (bicyclic) bond motifs is 1. The van der Waals surface area contributed by atoms with Crippen LogP contribution in [0.15, 0.2) is 0 Å². The monoisotopic (exact) mass is 155 g/mol. The van der Waals surface area contributed by atoms with Gasteiger partial charge in [-0.1, -0.05) is 6.42 Å². The van der Waals surface area contributed by atoms with Crippen LogP contribution in [0.4, 0.5) is 4.79 Å². The third-order valence-corrected chi connectivity index (χ3v) is 2.61. The molecule has 0 unspecified atom stereocenters. The molecule has 11 heavy (non-hydrogen) atoms. The minimum atomic E-state index is -0.229. The van der Waals surface area contributed by atoms with Gasteiger partial charge in [0, 0.05) is 12.5 Å². The van der Waals surface area contributed by atoms with Crippen LogP contribution >= 0.6 is 0 Å². The Morgan fingerprint density at radius 1 is 1.36 bits per heavy atom. The third-order valence-electron chi connectivity index (χ3n) is 2.61. The second-order valence-corrected chi connectivity index (χ2v) is 3.37. The number of carbonyl (C=O) groups is 1. The molecule has 2 aliphatic rings. The summed E-state index contributed by atoms with van der Waals surface area (Å²) < 4.78 is 5.14. The van der Waals surface area contributed by atoms with E-state index in [1.165, 1.54) is 19.3 Å². The normalized spacial score (nSPS) is 36.9. The van der Waals surface area contributed by atoms with E-state index in [-0.39, 0.29) is 12.2 Å². The Kier molecular flexibility index (Phi) is 1.72. The molecule has 1 aliphatic heterocycles. The summed E-state index contributed by atoms with van der Waals surface area (Å²) in [6.45, 7) is 0.823. The molecule has 3 heteroatoms. The summed E-state index contributed by atoms with van der Waals surface area (Å²) in [6, 6.07) is 0. The van der Waals surface area contributed by atoms with Crippen LogP contribution in [0.1, 0.15) is 25.7 Å². The lowest BCUT2D eigenvalue weighted by Crippen LogP contribution is -2.46. The van der Waals surface area contributed by atoms with Gasteiger partial charge >= 0.3 is 6.09 Å². The van der Waals surface area contributed by atoms with E-state index >= 15 is 0 Å². The Labute approximate surface area is 66.1 Å². The van der Waals surface area contributed by atoms with Gasteiger partial charge in [0.15, 0.2) is 0 Å². The second-order valence-electron chi connectivity index (χ2n) is 3.37. The highest BCUT2D eigenvalue weighted by Gasteiger charge is 2.31. The predicted molar refractivity (Wildman–Crippen MR) is 40.2 cm³/mol. The smallest absolute Gasteiger partial charge is 0.407 e. The SMILES string of the molecule is O=C1NC[C@@H]2CCCC[C@@H]2O1. The Morgan fingerprint density at radius 2 is 2.18 bits per heavy atom. The van der Waals surface area contributed by atoms with Crippen LogP contribution in [0.3, 0.4) is 0 Å². The molecule has 2 fully saturated rings. The molecule has 1 saturated carbocycles. The van der Waals surface area contributed by atoms with E-state index in [2.05, 4.69) is 5.32 Å². The maximum absolute atomic E-state index is 10.8. The molecule has 1 N–H and O–H groups in total. The first kappa shape index (κ1) is 6.95. The van der Waals surface area contributed by atoms with Gasteiger partial charge in [0.2, 0.25) is 0 Å². The largest absolute Gasteiger partial charge is 0.446 e. The molecule has 1 amide bonds. The first-order valence-electron chi connectivity index (χ1n) is 4.31. The van der Waals surface area contributed by atoms with Crippen molar-refractivity contribution in [3.05, 3.63) is 0 Å². The average molecular weight is 155 g/mol. The van der Waals surface area contributed by atoms with Crippen LogP contribution in [0.2, 0.25) is 0 Å². The number of nitrogens with one attached hydrogen (secondary N) is 1. The van der Waals surface area contributed by atoms with Crippen molar-refractivity contribution in [1.82, 2.24) is 5.32 Å². The number of alkyl carbamates (subject to hydrolysis) is 1. The zero-order valence-corrected chi connectivity index (χ0v) is 6.51. The van der Waals surface area contributed by atoms with Crippen molar-refractivity contribution in [2.45, 2.75) is 31.8 Å². The molecular formula is C8H13NO2. The van der Waals surface area contributed by atoms with Crippen molar-refractivity contribution in [3.8, 4) is 0 Å². The van der Waals surface area contributed by atoms with Crippen molar-refractivity contribution in [2.24, 2.45) is 5.92 Å². The molecule has 1 aliphatic carbocycles. The van der Waals surface area contributed by atoms with E-state index < -0.39 is 0 Å². The number of hydrogen-bond acceptors (Lipinski definition) is 2. The van der Waals surface area contributed by atoms with Gasteiger partial charge in [-0.25, -0.2) is 4.79 Å². The fourth-order valence-corrected chi connectivity index (χ4v) is 1.96. The van der Waals surface area contributed by atoms with Gasteiger partial charge in [0.1, 0.15) is 6.10 Å². The molecule has 0 bridgehead atoms. The predicted octanol–water partition coefficient (Wildman–Crippen LogP) is 1.29. The van der Waals surface area contributed by atoms with Crippen molar-refractivity contribution < 1.29 is 9.53 Å². The zero-order valence-electron chi connectivity index (χ0n) is 6.51. The highest BCUT2D eigenvalue weighted by atomic mass is 16.6. The molecule has 0 spiro atoms. The van der Waals surface area contributed by atoms with E-state index in [0.717, 1.165) is 13.0 Å². The van der Waals surface area contributed by atoms with Crippen molar-refractivity contribution in [2.75, 3.05) is 6.54 Å². The number of ether oxygens (including phenoxy) is 1. The summed E-state index contributed by atoms with van der Waals surface area (Å²) >= 11 is 0. The first-order chi connectivity index (χ1) is 5.36. The van der Waals surface area contributed by atoms with Crippen LogP contribution in [-0.2, 0) is 4.74 Å². The molecule has 0 aromatic carbocycles. The molecule has 0 aromatic rings. The van der Waals surface area contributed by atoms with E-state index in [0.29, 0.717) is 5.92 Å². The van der Waals surface area contributed by atoms with Gasteiger partial charge in [-0.05, 0) is 19.3 Å². The third kappa shape index (κ3) is 1.32. The van der Waals surface area contributed by atoms with E-state index in [9.17, 15) is 4.79 Å². The van der Waals surface area contributed by atoms with Crippen LogP contribution in [0, 0.1) is 5.92 Å². The molecule has 1 heterocycles. The standard InChI is InChI=1S/C8H13NO2/c10-8-9-5-6-3-1-2-4-7(6)11-8/h6-7H,1-5H2,(H,9,10)/t6-,7-/m0/s1. The minimum Gasteiger partial charge on any atom is -0.446 e. The van der Waals surface area contributed by atoms with Crippen LogP contribution in [-0.4, -0.2) is 18.7 Å². The molecule has 0 radical (unpaired) electrons. The Hall–Kier alpha value is -0.730. The quantitative estimate of drug-likeness (QED) is 0.572. The summed E-state index contributed by atoms with van der Waals surface area (Å²) in [5.41, 5.74) is 0. The van der Waals surface area contributed by atoms with E-state index in [1.807, 2.05) is 0 Å². The fraction of sp³-hybridized carbons (Fsp3) is 0.875. The van der Waals surface area contributed by atoms with Gasteiger partial charge in [0.25, 0.3) is 0 Å². The lowest BCUT2D eigenvalue weighted by Gasteiger charge is -2.34. The summed E-state index contributed by atoms with van der Waals surface area (Å²) in [6.07, 6.45) is 4.78. The van der Waals surface area contributed by atoms with Gasteiger partial charge in [-0.3, -0.25) is 0 Å². The maximum Gasteiger partial charge on any atom is 0.407 e. The molecule has 3 nitrogen and oxygen atoms in total. The minimum absolute atomic E-state index is 0.220. The van der Waals surface area contributed by atoms with Crippen LogP contribution in [0.25, 0.3) is 0 Å². The molecule has 2 atom stereocenters. The van der Waals surface area contributed by atoms with Gasteiger partial charge in [-0.2, -0.15) is 0 Å². The molecule has 1 saturated heterocycles. The van der Waals surface area contributed by atoms with Crippen molar-refractivity contribution >= 4 is 6.09 Å². The van der Waals surface area contributed by atoms with Crippen molar-refractivity contribution in [1.29, 1.82) is 0 Å². The Morgan fingerprint density at radius 3 is 3.09 bits per heavy atom. The van der Waals surface area contributed by atoms with Crippen LogP contribution < -0.4 is 5.32 Å². The molecule has 0 aromatic heterocycles. The van der Waals surface area contributed by atoms with E-state index in [4.69, 9.17) is 4.74 Å². The second kappa shape index (κ2) is 2.72. The number of rotatable bonds is 0. The highest BCUT2D eigenvalue weighted by molar-refractivity contribution is 5.68. The van der Waals surface area contributed by atoms with Crippen molar-refractivity contribution in [3.63, 3.8) is 0 Å². The molecular weight excluding hydrogens is 142 g/mol. The lowest BCUT2D eigenvalue weighted by atomic mass is 9.86. The summed E-state index contributed by atoms with van der Waals surface area (Å²) in [5, 5.41) is 2.72. The Balaban J connectivity index is 1.98. The highest BCUT2D eigenvalue weighted by Crippen LogP contribution is 2.28. The fourth-order valence-electron chi connectivity index (χ4n) is 1.96. The number of amides is 1. The van der Waals surface area contributed by atoms with Crippen LogP contribution in [0.5, 0.6) is 0 Å². The summed E-state index contributed by atoms with van der Waals surface area (Å²) in [7, 11) is 0. The molecule has 2 rings (SSSR count). The average Bonchev–Trinajstić information content (AvgIpc) is 2.04. The van der Waals surface area contributed by atoms with Gasteiger partial charge in [0.05, 0.1) is 0 Å². The summed E-state index contributed by atoms with van der Waals surface area (Å²) in [4.78, 5) is 10.8. The maximum atomic E-state index is 10.8. The topological polar surface area (TPSA) is 38.3 Å².